The van der Waals surface area contributed by atoms with Gasteiger partial charge in [-0.2, -0.15) is 0 Å². The molecule has 0 aliphatic carbocycles. The van der Waals surface area contributed by atoms with Gasteiger partial charge in [-0.05, 0) is 0 Å². The van der Waals surface area contributed by atoms with E-state index in [0.717, 1.165) is 24.6 Å². The van der Waals surface area contributed by atoms with Crippen molar-refractivity contribution in [3.8, 4) is 0 Å². The van der Waals surface area contributed by atoms with Crippen LogP contribution in [0.3, 0.4) is 0 Å². The van der Waals surface area contributed by atoms with Gasteiger partial charge in [0.15, 0.2) is 0 Å². The molecule has 0 unspecified atom stereocenters. The van der Waals surface area contributed by atoms with Crippen LogP contribution in [0, 0.1) is 0 Å². The van der Waals surface area contributed by atoms with Gasteiger partial charge in [-0.1, -0.05) is 21.6 Å². The molecule has 5 heteroatoms. The molecule has 0 saturated carbocycles. The van der Waals surface area contributed by atoms with E-state index in [-0.39, 0.29) is 27.3 Å². The average molecular weight is 362 g/mol. The zero-order valence-corrected chi connectivity index (χ0v) is 12.6. The number of rotatable bonds is 5. The van der Waals surface area contributed by atoms with E-state index in [1.165, 1.54) is 0 Å². The van der Waals surface area contributed by atoms with Gasteiger partial charge in [-0.25, -0.2) is 0 Å². The Morgan fingerprint density at radius 1 is 0.889 bits per heavy atom. The molecule has 0 saturated heterocycles. The van der Waals surface area contributed by atoms with Gasteiger partial charge in [-0.15, -0.1) is 0 Å². The van der Waals surface area contributed by atoms with Gasteiger partial charge < -0.3 is 11.5 Å². The minimum absolute atomic E-state index is 0. The van der Waals surface area contributed by atoms with Crippen LogP contribution in [-0.2, 0) is 0 Å². The van der Waals surface area contributed by atoms with Crippen LogP contribution in [0.25, 0.3) is 0 Å². The third-order valence-electron chi connectivity index (χ3n) is 0.486. The van der Waals surface area contributed by atoms with Gasteiger partial charge in [0.2, 0.25) is 0 Å². The second kappa shape index (κ2) is 12.2. The fraction of sp³-hybridized carbons (Fsp3) is 1.00. The van der Waals surface area contributed by atoms with Crippen LogP contribution in [-0.4, -0.2) is 51.9 Å². The SMILES string of the molecule is NCCSSCCN.[PbH2]. The first-order chi connectivity index (χ1) is 3.91. The Kier molecular flexibility index (Phi) is 17.9. The monoisotopic (exact) mass is 362 g/mol. The molecule has 2 nitrogen and oxygen atoms in total. The van der Waals surface area contributed by atoms with Crippen molar-refractivity contribution in [2.75, 3.05) is 24.6 Å². The summed E-state index contributed by atoms with van der Waals surface area (Å²) in [5, 5.41) is 0. The molecule has 0 fully saturated rings. The van der Waals surface area contributed by atoms with Gasteiger partial charge >= 0.3 is 27.3 Å². The van der Waals surface area contributed by atoms with E-state index in [0.29, 0.717) is 0 Å². The molecule has 2 radical (unpaired) electrons. The molecule has 0 aromatic heterocycles. The second-order valence-electron chi connectivity index (χ2n) is 1.22. The van der Waals surface area contributed by atoms with Gasteiger partial charge in [0.1, 0.15) is 0 Å². The Bertz CT molecular complexity index is 41.5. The Morgan fingerprint density at radius 3 is 1.44 bits per heavy atom. The fourth-order valence-electron chi connectivity index (χ4n) is 0.214. The Hall–Kier alpha value is 1.54. The molecule has 0 bridgehead atoms. The van der Waals surface area contributed by atoms with Crippen LogP contribution in [0.2, 0.25) is 0 Å². The molecular formula is C4H14N2PbS2. The first-order valence-electron chi connectivity index (χ1n) is 2.56. The maximum atomic E-state index is 5.25. The van der Waals surface area contributed by atoms with Crippen molar-refractivity contribution < 1.29 is 0 Å². The first-order valence-corrected chi connectivity index (χ1v) is 5.05. The molecule has 0 amide bonds. The molecule has 0 rings (SSSR count). The van der Waals surface area contributed by atoms with Crippen molar-refractivity contribution in [3.05, 3.63) is 0 Å². The van der Waals surface area contributed by atoms with E-state index in [1.807, 2.05) is 0 Å². The Morgan fingerprint density at radius 2 is 1.22 bits per heavy atom. The molecule has 0 aliphatic rings. The van der Waals surface area contributed by atoms with Crippen molar-refractivity contribution >= 4 is 48.9 Å². The number of hydrogen-bond acceptors (Lipinski definition) is 4. The summed E-state index contributed by atoms with van der Waals surface area (Å²) in [5.74, 6) is 2.06. The van der Waals surface area contributed by atoms with Crippen LogP contribution >= 0.6 is 21.6 Å². The third kappa shape index (κ3) is 12.7. The predicted octanol–water partition coefficient (Wildman–Crippen LogP) is -0.631. The second-order valence-corrected chi connectivity index (χ2v) is 3.92. The molecule has 9 heavy (non-hydrogen) atoms. The normalized spacial score (nSPS) is 8.67. The van der Waals surface area contributed by atoms with Crippen LogP contribution in [0.15, 0.2) is 0 Å². The standard InChI is InChI=1S/C4H12N2S2.Pb.2H/c5-1-3-7-8-4-2-6;;;/h1-6H2;;;. The zero-order chi connectivity index (χ0) is 6.24. The summed E-state index contributed by atoms with van der Waals surface area (Å²) in [6, 6.07) is 0. The van der Waals surface area contributed by atoms with Crippen LogP contribution in [0.4, 0.5) is 0 Å². The molecule has 0 aromatic rings. The number of nitrogens with two attached hydrogens (primary N) is 2. The summed E-state index contributed by atoms with van der Waals surface area (Å²) in [7, 11) is 3.58. The predicted molar refractivity (Wildman–Crippen MR) is 51.6 cm³/mol. The van der Waals surface area contributed by atoms with E-state index < -0.39 is 0 Å². The van der Waals surface area contributed by atoms with E-state index >= 15 is 0 Å². The van der Waals surface area contributed by atoms with E-state index in [2.05, 4.69) is 0 Å². The summed E-state index contributed by atoms with van der Waals surface area (Å²) in [6.07, 6.45) is 0. The molecule has 0 heterocycles. The zero-order valence-electron chi connectivity index (χ0n) is 5.51. The van der Waals surface area contributed by atoms with E-state index in [9.17, 15) is 0 Å². The molecule has 0 atom stereocenters. The summed E-state index contributed by atoms with van der Waals surface area (Å²) in [4.78, 5) is 0. The Labute approximate surface area is 84.4 Å². The Balaban J connectivity index is 0. The fourth-order valence-corrected chi connectivity index (χ4v) is 1.93. The van der Waals surface area contributed by atoms with Gasteiger partial charge in [-0.3, -0.25) is 0 Å². The summed E-state index contributed by atoms with van der Waals surface area (Å²) in [6.45, 7) is 1.53. The maximum absolute atomic E-state index is 5.25. The third-order valence-corrected chi connectivity index (χ3v) is 2.96. The molecule has 0 aliphatic heterocycles. The van der Waals surface area contributed by atoms with Crippen molar-refractivity contribution in [3.63, 3.8) is 0 Å². The van der Waals surface area contributed by atoms with E-state index in [1.54, 1.807) is 21.6 Å². The average Bonchev–Trinajstić information content (AvgIpc) is 1.81. The summed E-state index contributed by atoms with van der Waals surface area (Å²) >= 11 is 0. The minimum atomic E-state index is 0. The molecular weight excluding hydrogens is 347 g/mol. The van der Waals surface area contributed by atoms with Gasteiger partial charge in [0.05, 0.1) is 0 Å². The summed E-state index contributed by atoms with van der Waals surface area (Å²) < 4.78 is 0. The molecule has 0 spiro atoms. The van der Waals surface area contributed by atoms with Crippen LogP contribution < -0.4 is 11.5 Å². The van der Waals surface area contributed by atoms with Crippen LogP contribution in [0.1, 0.15) is 0 Å². The summed E-state index contributed by atoms with van der Waals surface area (Å²) in [5.41, 5.74) is 10.5. The molecule has 4 N–H and O–H groups in total. The topological polar surface area (TPSA) is 52.0 Å². The molecule has 56 valence electrons. The molecule has 0 aromatic carbocycles. The van der Waals surface area contributed by atoms with Crippen molar-refractivity contribution in [1.82, 2.24) is 0 Å². The van der Waals surface area contributed by atoms with Crippen LogP contribution in [0.5, 0.6) is 0 Å². The first kappa shape index (κ1) is 13.2. The van der Waals surface area contributed by atoms with Crippen molar-refractivity contribution in [2.24, 2.45) is 11.5 Å². The number of hydrogen-bond donors (Lipinski definition) is 2. The van der Waals surface area contributed by atoms with E-state index in [4.69, 9.17) is 11.5 Å². The van der Waals surface area contributed by atoms with Gasteiger partial charge in [0, 0.05) is 24.6 Å². The quantitative estimate of drug-likeness (QED) is 0.389. The van der Waals surface area contributed by atoms with Crippen molar-refractivity contribution in [1.29, 1.82) is 0 Å². The van der Waals surface area contributed by atoms with Gasteiger partial charge in [0.25, 0.3) is 0 Å². The van der Waals surface area contributed by atoms with Crippen molar-refractivity contribution in [2.45, 2.75) is 0 Å².